The number of carbonyl (C=O) groups excluding carboxylic acids is 1. The number of ether oxygens (including phenoxy) is 1. The Labute approximate surface area is 98.1 Å². The highest BCUT2D eigenvalue weighted by Gasteiger charge is 2.60. The average molecular weight is 222 g/mol. The molecule has 3 atom stereocenters. The van der Waals surface area contributed by atoms with Crippen molar-refractivity contribution in [1.82, 2.24) is 0 Å². The van der Waals surface area contributed by atoms with E-state index >= 15 is 0 Å². The standard InChI is InChI=1S/C14H22O2/c1-8(2)13(15)16-12-10-7-6-9(3)11(12)14(10,4)5/h6,8,10-12H,7H2,1-5H3/t10-,11+,12-/m0/s1. The Morgan fingerprint density at radius 3 is 2.56 bits per heavy atom. The van der Waals surface area contributed by atoms with Crippen LogP contribution in [-0.2, 0) is 9.53 Å². The summed E-state index contributed by atoms with van der Waals surface area (Å²) in [5.74, 6) is 0.886. The number of hydrogen-bond donors (Lipinski definition) is 0. The summed E-state index contributed by atoms with van der Waals surface area (Å²) in [5, 5.41) is 0. The van der Waals surface area contributed by atoms with Gasteiger partial charge in [0.05, 0.1) is 5.92 Å². The molecule has 1 fully saturated rings. The van der Waals surface area contributed by atoms with Gasteiger partial charge in [0, 0.05) is 11.8 Å². The van der Waals surface area contributed by atoms with E-state index in [1.165, 1.54) is 5.57 Å². The highest BCUT2D eigenvalue weighted by Crippen LogP contribution is 2.60. The van der Waals surface area contributed by atoms with Crippen LogP contribution in [0.4, 0.5) is 0 Å². The minimum Gasteiger partial charge on any atom is -0.461 e. The van der Waals surface area contributed by atoms with Crippen molar-refractivity contribution in [3.8, 4) is 0 Å². The monoisotopic (exact) mass is 222 g/mol. The van der Waals surface area contributed by atoms with E-state index in [0.29, 0.717) is 17.3 Å². The lowest BCUT2D eigenvalue weighted by atomic mass is 9.47. The fourth-order valence-corrected chi connectivity index (χ4v) is 3.34. The van der Waals surface area contributed by atoms with E-state index in [-0.39, 0.29) is 18.0 Å². The van der Waals surface area contributed by atoms with E-state index in [1.54, 1.807) is 0 Å². The first kappa shape index (κ1) is 11.7. The van der Waals surface area contributed by atoms with Gasteiger partial charge in [-0.3, -0.25) is 4.79 Å². The van der Waals surface area contributed by atoms with E-state index in [0.717, 1.165) is 6.42 Å². The fraction of sp³-hybridized carbons (Fsp3) is 0.786. The zero-order valence-corrected chi connectivity index (χ0v) is 10.9. The molecule has 2 bridgehead atoms. The van der Waals surface area contributed by atoms with Crippen LogP contribution in [0.3, 0.4) is 0 Å². The van der Waals surface area contributed by atoms with Crippen LogP contribution in [-0.4, -0.2) is 12.1 Å². The molecule has 0 aliphatic heterocycles. The Kier molecular flexibility index (Phi) is 2.64. The van der Waals surface area contributed by atoms with Crippen LogP contribution in [0, 0.1) is 23.2 Å². The van der Waals surface area contributed by atoms with Gasteiger partial charge in [0.25, 0.3) is 0 Å². The van der Waals surface area contributed by atoms with Crippen LogP contribution >= 0.6 is 0 Å². The summed E-state index contributed by atoms with van der Waals surface area (Å²) < 4.78 is 5.64. The second kappa shape index (κ2) is 3.61. The summed E-state index contributed by atoms with van der Waals surface area (Å²) in [5.41, 5.74) is 1.70. The van der Waals surface area contributed by atoms with Crippen LogP contribution < -0.4 is 0 Å². The van der Waals surface area contributed by atoms with Crippen molar-refractivity contribution in [2.45, 2.75) is 47.1 Å². The number of fused-ring (bicyclic) bond motifs is 1. The van der Waals surface area contributed by atoms with Gasteiger partial charge in [-0.25, -0.2) is 0 Å². The van der Waals surface area contributed by atoms with Gasteiger partial charge >= 0.3 is 5.97 Å². The molecule has 1 saturated carbocycles. The van der Waals surface area contributed by atoms with Crippen molar-refractivity contribution in [2.24, 2.45) is 23.2 Å². The molecular formula is C14H22O2. The lowest BCUT2D eigenvalue weighted by Gasteiger charge is -2.60. The first-order valence-electron chi connectivity index (χ1n) is 6.23. The molecule has 0 saturated heterocycles. The second-order valence-electron chi connectivity index (χ2n) is 6.15. The molecule has 0 N–H and O–H groups in total. The molecule has 3 aliphatic rings. The Morgan fingerprint density at radius 2 is 2.12 bits per heavy atom. The number of allylic oxidation sites excluding steroid dienone is 1. The van der Waals surface area contributed by atoms with E-state index < -0.39 is 0 Å². The molecule has 2 nitrogen and oxygen atoms in total. The summed E-state index contributed by atoms with van der Waals surface area (Å²) in [6.45, 7) is 10.5. The Bertz CT molecular complexity index is 339. The van der Waals surface area contributed by atoms with E-state index in [2.05, 4.69) is 26.8 Å². The van der Waals surface area contributed by atoms with Gasteiger partial charge in [-0.15, -0.1) is 0 Å². The van der Waals surface area contributed by atoms with Crippen LogP contribution in [0.15, 0.2) is 11.6 Å². The lowest BCUT2D eigenvalue weighted by Crippen LogP contribution is -2.61. The lowest BCUT2D eigenvalue weighted by molar-refractivity contribution is -0.195. The zero-order chi connectivity index (χ0) is 12.1. The SMILES string of the molecule is CC1=CC[C@H]2[C@H](OC(=O)C(C)C)[C@@H]1C2(C)C. The van der Waals surface area contributed by atoms with Gasteiger partial charge in [0.1, 0.15) is 6.10 Å². The molecule has 16 heavy (non-hydrogen) atoms. The van der Waals surface area contributed by atoms with Gasteiger partial charge in [0.2, 0.25) is 0 Å². The minimum atomic E-state index is -0.0507. The number of carbonyl (C=O) groups is 1. The van der Waals surface area contributed by atoms with Crippen LogP contribution in [0.25, 0.3) is 0 Å². The Morgan fingerprint density at radius 1 is 1.50 bits per heavy atom. The third kappa shape index (κ3) is 1.50. The molecule has 0 aromatic rings. The highest BCUT2D eigenvalue weighted by molar-refractivity contribution is 5.72. The minimum absolute atomic E-state index is 0.0197. The molecular weight excluding hydrogens is 200 g/mol. The molecule has 0 aromatic heterocycles. The van der Waals surface area contributed by atoms with Gasteiger partial charge in [-0.2, -0.15) is 0 Å². The predicted molar refractivity (Wildman–Crippen MR) is 63.9 cm³/mol. The van der Waals surface area contributed by atoms with Crippen LogP contribution in [0.1, 0.15) is 41.0 Å². The van der Waals surface area contributed by atoms with Crippen molar-refractivity contribution in [3.05, 3.63) is 11.6 Å². The van der Waals surface area contributed by atoms with Gasteiger partial charge in [0.15, 0.2) is 0 Å². The number of rotatable bonds is 2. The van der Waals surface area contributed by atoms with Crippen LogP contribution in [0.2, 0.25) is 0 Å². The fourth-order valence-electron chi connectivity index (χ4n) is 3.34. The third-order valence-electron chi connectivity index (χ3n) is 4.39. The maximum Gasteiger partial charge on any atom is 0.308 e. The maximum absolute atomic E-state index is 11.7. The van der Waals surface area contributed by atoms with Gasteiger partial charge in [-0.1, -0.05) is 39.3 Å². The summed E-state index contributed by atoms with van der Waals surface area (Å²) in [6, 6.07) is 0. The van der Waals surface area contributed by atoms with E-state index in [1.807, 2.05) is 13.8 Å². The van der Waals surface area contributed by atoms with E-state index in [9.17, 15) is 4.79 Å². The average Bonchev–Trinajstić information content (AvgIpc) is 2.16. The molecule has 0 radical (unpaired) electrons. The topological polar surface area (TPSA) is 26.3 Å². The van der Waals surface area contributed by atoms with Crippen molar-refractivity contribution >= 4 is 5.97 Å². The molecule has 3 rings (SSSR count). The molecule has 0 unspecified atom stereocenters. The Balaban J connectivity index is 2.11. The van der Waals surface area contributed by atoms with Crippen molar-refractivity contribution in [2.75, 3.05) is 0 Å². The summed E-state index contributed by atoms with van der Waals surface area (Å²) in [4.78, 5) is 11.7. The van der Waals surface area contributed by atoms with Crippen molar-refractivity contribution < 1.29 is 9.53 Å². The van der Waals surface area contributed by atoms with Gasteiger partial charge in [-0.05, 0) is 18.8 Å². The number of esters is 1. The zero-order valence-electron chi connectivity index (χ0n) is 10.9. The molecule has 90 valence electrons. The summed E-state index contributed by atoms with van der Waals surface area (Å²) in [6.07, 6.45) is 3.50. The highest BCUT2D eigenvalue weighted by atomic mass is 16.5. The first-order valence-corrected chi connectivity index (χ1v) is 6.23. The largest absolute Gasteiger partial charge is 0.461 e. The van der Waals surface area contributed by atoms with Gasteiger partial charge < -0.3 is 4.74 Å². The number of hydrogen-bond acceptors (Lipinski definition) is 2. The molecule has 0 amide bonds. The normalized spacial score (nSPS) is 35.4. The smallest absolute Gasteiger partial charge is 0.308 e. The molecule has 3 aliphatic carbocycles. The van der Waals surface area contributed by atoms with E-state index in [4.69, 9.17) is 4.74 Å². The molecule has 0 heterocycles. The quantitative estimate of drug-likeness (QED) is 0.530. The molecule has 0 aromatic carbocycles. The predicted octanol–water partition coefficient (Wildman–Crippen LogP) is 3.18. The Hall–Kier alpha value is -0.790. The van der Waals surface area contributed by atoms with Crippen molar-refractivity contribution in [1.29, 1.82) is 0 Å². The summed E-state index contributed by atoms with van der Waals surface area (Å²) >= 11 is 0. The van der Waals surface area contributed by atoms with Crippen molar-refractivity contribution in [3.63, 3.8) is 0 Å². The molecule has 2 heteroatoms. The second-order valence-corrected chi connectivity index (χ2v) is 6.15. The van der Waals surface area contributed by atoms with Crippen LogP contribution in [0.5, 0.6) is 0 Å². The third-order valence-corrected chi connectivity index (χ3v) is 4.39. The first-order chi connectivity index (χ1) is 7.35. The summed E-state index contributed by atoms with van der Waals surface area (Å²) in [7, 11) is 0. The maximum atomic E-state index is 11.7. The molecule has 0 spiro atoms.